The van der Waals surface area contributed by atoms with Crippen LogP contribution in [-0.2, 0) is 6.54 Å². The highest BCUT2D eigenvalue weighted by atomic mass is 32.3. The third-order valence-electron chi connectivity index (χ3n) is 5.33. The minimum absolute atomic E-state index is 0.233. The lowest BCUT2D eigenvalue weighted by molar-refractivity contribution is 0.434. The van der Waals surface area contributed by atoms with Crippen LogP contribution in [0, 0.1) is 0 Å². The van der Waals surface area contributed by atoms with Crippen LogP contribution >= 0.6 is 10.6 Å². The Balaban J connectivity index is 1.62. The standard InChI is InChI=1S/C24H27N5O3S/c1-15(2)33(30,31)19-10-8-18(9-11-19)21-14-27-24(25)23(28-21)22-12-20(29-32-22)17-6-4-16(5-7-17)13-26-3/h4-12,14-15,26,30-31H,13H2,1-3H3,(H2,25,27). The molecule has 0 atom stereocenters. The minimum atomic E-state index is -2.85. The van der Waals surface area contributed by atoms with E-state index in [2.05, 4.69) is 20.4 Å². The molecule has 0 aliphatic rings. The maximum Gasteiger partial charge on any atom is 0.189 e. The fraction of sp³-hybridized carbons (Fsp3) is 0.208. The normalized spacial score (nSPS) is 12.3. The zero-order chi connectivity index (χ0) is 23.6. The number of hydrogen-bond acceptors (Lipinski definition) is 8. The van der Waals surface area contributed by atoms with E-state index in [-0.39, 0.29) is 11.1 Å². The number of benzene rings is 2. The molecule has 0 fully saturated rings. The van der Waals surface area contributed by atoms with Crippen molar-refractivity contribution in [2.45, 2.75) is 30.5 Å². The topological polar surface area (TPSA) is 130 Å². The summed E-state index contributed by atoms with van der Waals surface area (Å²) in [5.41, 5.74) is 10.6. The van der Waals surface area contributed by atoms with Gasteiger partial charge in [-0.05, 0) is 38.6 Å². The second-order valence-corrected chi connectivity index (χ2v) is 10.6. The van der Waals surface area contributed by atoms with E-state index < -0.39 is 10.6 Å². The molecule has 2 heterocycles. The zero-order valence-electron chi connectivity index (χ0n) is 18.7. The maximum atomic E-state index is 10.4. The van der Waals surface area contributed by atoms with Crippen LogP contribution in [0.3, 0.4) is 0 Å². The van der Waals surface area contributed by atoms with Gasteiger partial charge in [-0.1, -0.05) is 41.6 Å². The molecule has 9 heteroatoms. The number of nitrogens with zero attached hydrogens (tertiary/aromatic N) is 3. The number of nitrogen functional groups attached to an aromatic ring is 1. The fourth-order valence-electron chi connectivity index (χ4n) is 3.34. The third kappa shape index (κ3) is 4.76. The molecule has 0 unspecified atom stereocenters. The van der Waals surface area contributed by atoms with E-state index in [1.165, 1.54) is 5.56 Å². The monoisotopic (exact) mass is 465 g/mol. The van der Waals surface area contributed by atoms with Crippen molar-refractivity contribution in [3.8, 4) is 34.0 Å². The number of nitrogens with one attached hydrogen (secondary N) is 1. The van der Waals surface area contributed by atoms with Crippen molar-refractivity contribution in [1.29, 1.82) is 0 Å². The highest BCUT2D eigenvalue weighted by Crippen LogP contribution is 2.52. The van der Waals surface area contributed by atoms with E-state index in [0.717, 1.165) is 17.7 Å². The van der Waals surface area contributed by atoms with Crippen LogP contribution in [0.25, 0.3) is 34.0 Å². The van der Waals surface area contributed by atoms with Gasteiger partial charge in [-0.2, -0.15) is 10.6 Å². The van der Waals surface area contributed by atoms with Crippen LogP contribution in [0.4, 0.5) is 5.82 Å². The van der Waals surface area contributed by atoms with E-state index >= 15 is 0 Å². The summed E-state index contributed by atoms with van der Waals surface area (Å²) >= 11 is 0. The molecule has 4 aromatic rings. The average Bonchev–Trinajstić information content (AvgIpc) is 3.30. The van der Waals surface area contributed by atoms with Gasteiger partial charge in [0.05, 0.1) is 16.8 Å². The smallest absolute Gasteiger partial charge is 0.189 e. The largest absolute Gasteiger partial charge is 0.382 e. The Morgan fingerprint density at radius 2 is 1.64 bits per heavy atom. The van der Waals surface area contributed by atoms with E-state index in [1.54, 1.807) is 50.4 Å². The summed E-state index contributed by atoms with van der Waals surface area (Å²) in [6.45, 7) is 4.35. The van der Waals surface area contributed by atoms with Crippen molar-refractivity contribution in [3.63, 3.8) is 0 Å². The van der Waals surface area contributed by atoms with E-state index in [4.69, 9.17) is 10.3 Å². The molecule has 33 heavy (non-hydrogen) atoms. The van der Waals surface area contributed by atoms with Gasteiger partial charge in [0.25, 0.3) is 0 Å². The molecule has 8 nitrogen and oxygen atoms in total. The van der Waals surface area contributed by atoms with Gasteiger partial charge in [0.15, 0.2) is 17.3 Å². The molecule has 0 bridgehead atoms. The SMILES string of the molecule is CNCc1ccc(-c2cc(-c3nc(-c4ccc(S(O)(O)C(C)C)cc4)cnc3N)on2)cc1. The van der Waals surface area contributed by atoms with Gasteiger partial charge in [0.1, 0.15) is 5.69 Å². The first-order chi connectivity index (χ1) is 15.8. The van der Waals surface area contributed by atoms with Gasteiger partial charge in [0.2, 0.25) is 0 Å². The summed E-state index contributed by atoms with van der Waals surface area (Å²) < 4.78 is 26.3. The molecular formula is C24H27N5O3S. The summed E-state index contributed by atoms with van der Waals surface area (Å²) in [5, 5.41) is 7.02. The van der Waals surface area contributed by atoms with Gasteiger partial charge in [0, 0.05) is 29.0 Å². The van der Waals surface area contributed by atoms with Gasteiger partial charge < -0.3 is 15.6 Å². The van der Waals surface area contributed by atoms with Gasteiger partial charge >= 0.3 is 0 Å². The molecular weight excluding hydrogens is 438 g/mol. The molecule has 0 saturated heterocycles. The molecule has 5 N–H and O–H groups in total. The Hall–Kier alpha value is -3.24. The number of nitrogens with two attached hydrogens (primary N) is 1. The van der Waals surface area contributed by atoms with Crippen LogP contribution in [0.2, 0.25) is 0 Å². The van der Waals surface area contributed by atoms with Gasteiger partial charge in [-0.25, -0.2) is 9.97 Å². The molecule has 0 aliphatic carbocycles. The van der Waals surface area contributed by atoms with Crippen molar-refractivity contribution in [1.82, 2.24) is 20.4 Å². The Morgan fingerprint density at radius 3 is 2.27 bits per heavy atom. The van der Waals surface area contributed by atoms with Crippen molar-refractivity contribution >= 4 is 16.4 Å². The molecule has 172 valence electrons. The third-order valence-corrected chi connectivity index (χ3v) is 7.61. The molecule has 0 aliphatic heterocycles. The lowest BCUT2D eigenvalue weighted by atomic mass is 10.1. The summed E-state index contributed by atoms with van der Waals surface area (Å²) in [7, 11) is -0.939. The Kier molecular flexibility index (Phi) is 6.48. The molecule has 4 rings (SSSR count). The van der Waals surface area contributed by atoms with Crippen LogP contribution < -0.4 is 11.1 Å². The zero-order valence-corrected chi connectivity index (χ0v) is 19.5. The molecule has 0 saturated carbocycles. The van der Waals surface area contributed by atoms with Crippen molar-refractivity contribution in [3.05, 3.63) is 66.4 Å². The summed E-state index contributed by atoms with van der Waals surface area (Å²) in [5.74, 6) is 0.651. The quantitative estimate of drug-likeness (QED) is 0.290. The summed E-state index contributed by atoms with van der Waals surface area (Å²) in [6.07, 6.45) is 1.58. The molecule has 0 amide bonds. The number of rotatable bonds is 7. The van der Waals surface area contributed by atoms with Crippen molar-refractivity contribution < 1.29 is 13.6 Å². The van der Waals surface area contributed by atoms with Crippen LogP contribution in [0.15, 0.2) is 70.2 Å². The lowest BCUT2D eigenvalue weighted by Gasteiger charge is -2.36. The number of hydrogen-bond donors (Lipinski definition) is 4. The Morgan fingerprint density at radius 1 is 1.00 bits per heavy atom. The average molecular weight is 466 g/mol. The maximum absolute atomic E-state index is 10.4. The molecule has 2 aromatic heterocycles. The Bertz CT molecular complexity index is 1240. The van der Waals surface area contributed by atoms with E-state index in [1.807, 2.05) is 31.3 Å². The van der Waals surface area contributed by atoms with Gasteiger partial charge in [-0.3, -0.25) is 9.11 Å². The first-order valence-corrected chi connectivity index (χ1v) is 12.1. The predicted octanol–water partition coefficient (Wildman–Crippen LogP) is 5.29. The minimum Gasteiger partial charge on any atom is -0.382 e. The number of aromatic nitrogens is 3. The van der Waals surface area contributed by atoms with Crippen molar-refractivity contribution in [2.24, 2.45) is 0 Å². The van der Waals surface area contributed by atoms with E-state index in [9.17, 15) is 9.11 Å². The Labute approximate surface area is 194 Å². The first-order valence-electron chi connectivity index (χ1n) is 10.5. The number of anilines is 1. The fourth-order valence-corrected chi connectivity index (χ4v) is 4.42. The highest BCUT2D eigenvalue weighted by Gasteiger charge is 2.20. The van der Waals surface area contributed by atoms with Crippen LogP contribution in [0.5, 0.6) is 0 Å². The molecule has 0 spiro atoms. The second-order valence-electron chi connectivity index (χ2n) is 7.96. The van der Waals surface area contributed by atoms with Crippen LogP contribution in [-0.4, -0.2) is 36.5 Å². The highest BCUT2D eigenvalue weighted by molar-refractivity contribution is 8.24. The second kappa shape index (κ2) is 9.32. The molecule has 0 radical (unpaired) electrons. The summed E-state index contributed by atoms with van der Waals surface area (Å²) in [6, 6.07) is 16.8. The lowest BCUT2D eigenvalue weighted by Crippen LogP contribution is -2.10. The molecule has 2 aromatic carbocycles. The first kappa shape index (κ1) is 22.9. The summed E-state index contributed by atoms with van der Waals surface area (Å²) in [4.78, 5) is 9.40. The van der Waals surface area contributed by atoms with Crippen LogP contribution in [0.1, 0.15) is 19.4 Å². The van der Waals surface area contributed by atoms with Crippen molar-refractivity contribution in [2.75, 3.05) is 12.8 Å². The van der Waals surface area contributed by atoms with E-state index in [0.29, 0.717) is 27.7 Å². The predicted molar refractivity (Wildman–Crippen MR) is 132 cm³/mol. The van der Waals surface area contributed by atoms with Gasteiger partial charge in [-0.15, -0.1) is 0 Å².